The lowest BCUT2D eigenvalue weighted by Gasteiger charge is -2.39. The van der Waals surface area contributed by atoms with Crippen molar-refractivity contribution in [1.29, 1.82) is 0 Å². The average molecular weight is 451 g/mol. The summed E-state index contributed by atoms with van der Waals surface area (Å²) in [6.07, 6.45) is 16.3. The molecule has 0 amide bonds. The summed E-state index contributed by atoms with van der Waals surface area (Å²) in [5.41, 5.74) is 0.808. The number of hydrogen-bond donors (Lipinski definition) is 2. The van der Waals surface area contributed by atoms with Crippen LogP contribution in [0.1, 0.15) is 90.4 Å². The van der Waals surface area contributed by atoms with Crippen molar-refractivity contribution in [2.75, 3.05) is 13.2 Å². The zero-order valence-electron chi connectivity index (χ0n) is 19.8. The Balaban J connectivity index is 1.20. The van der Waals surface area contributed by atoms with Crippen LogP contribution < -0.4 is 0 Å². The first kappa shape index (κ1) is 24.4. The molecule has 3 fully saturated rings. The number of allylic oxidation sites excluding steroid dienone is 4. The predicted octanol–water partition coefficient (Wildman–Crippen LogP) is 6.03. The largest absolute Gasteiger partial charge is 0.366 e. The fraction of sp³-hybridized carbons (Fsp3) is 0.852. The molecule has 0 aromatic heterocycles. The van der Waals surface area contributed by atoms with E-state index in [2.05, 4.69) is 13.0 Å². The summed E-state index contributed by atoms with van der Waals surface area (Å²) in [5, 5.41) is 19.5. The normalized spacial score (nSPS) is 36.4. The second-order valence-corrected chi connectivity index (χ2v) is 10.9. The Kier molecular flexibility index (Phi) is 8.47. The summed E-state index contributed by atoms with van der Waals surface area (Å²) in [5.74, 6) is 0.357. The molecule has 0 spiro atoms. The summed E-state index contributed by atoms with van der Waals surface area (Å²) in [7, 11) is 0. The number of ether oxygens (including phenoxy) is 2. The van der Waals surface area contributed by atoms with Crippen molar-refractivity contribution in [3.63, 3.8) is 0 Å². The second kappa shape index (κ2) is 11.1. The van der Waals surface area contributed by atoms with Gasteiger partial charge in [0.25, 0.3) is 0 Å². The van der Waals surface area contributed by atoms with E-state index in [1.54, 1.807) is 0 Å². The lowest BCUT2D eigenvalue weighted by atomic mass is 9.71. The van der Waals surface area contributed by atoms with Crippen molar-refractivity contribution in [2.45, 2.75) is 102 Å². The maximum atomic E-state index is 15.0. The number of rotatable bonds is 7. The van der Waals surface area contributed by atoms with Crippen molar-refractivity contribution in [3.8, 4) is 0 Å². The highest BCUT2D eigenvalue weighted by Gasteiger charge is 2.37. The lowest BCUT2D eigenvalue weighted by Crippen LogP contribution is -2.39. The molecule has 1 heterocycles. The van der Waals surface area contributed by atoms with Crippen LogP contribution in [0, 0.1) is 29.6 Å². The number of halogens is 1. The Bertz CT molecular complexity index is 647. The van der Waals surface area contributed by atoms with Crippen molar-refractivity contribution < 1.29 is 24.1 Å². The molecule has 5 heteroatoms. The highest BCUT2D eigenvalue weighted by Crippen LogP contribution is 2.44. The molecule has 0 aromatic carbocycles. The van der Waals surface area contributed by atoms with Gasteiger partial charge in [-0.1, -0.05) is 32.3 Å². The molecule has 32 heavy (non-hydrogen) atoms. The van der Waals surface area contributed by atoms with Crippen LogP contribution in [0.5, 0.6) is 0 Å². The van der Waals surface area contributed by atoms with Crippen molar-refractivity contribution >= 4 is 0 Å². The molecule has 4 rings (SSSR count). The zero-order chi connectivity index (χ0) is 22.6. The molecule has 1 saturated heterocycles. The summed E-state index contributed by atoms with van der Waals surface area (Å²) in [4.78, 5) is 0. The Labute approximate surface area is 193 Å². The van der Waals surface area contributed by atoms with Crippen LogP contribution in [-0.4, -0.2) is 35.5 Å². The second-order valence-electron chi connectivity index (χ2n) is 10.9. The van der Waals surface area contributed by atoms with Gasteiger partial charge in [0.05, 0.1) is 13.2 Å². The van der Waals surface area contributed by atoms with E-state index in [1.165, 1.54) is 25.7 Å². The van der Waals surface area contributed by atoms with E-state index in [0.29, 0.717) is 43.4 Å². The van der Waals surface area contributed by atoms with E-state index < -0.39 is 5.79 Å². The third-order valence-electron chi connectivity index (χ3n) is 8.49. The van der Waals surface area contributed by atoms with Crippen molar-refractivity contribution in [1.82, 2.24) is 0 Å². The highest BCUT2D eigenvalue weighted by atomic mass is 19.1. The van der Waals surface area contributed by atoms with E-state index in [9.17, 15) is 14.6 Å². The summed E-state index contributed by atoms with van der Waals surface area (Å²) < 4.78 is 27.2. The number of unbranched alkanes of at least 4 members (excludes halogenated alkanes) is 2. The molecule has 3 aliphatic carbocycles. The zero-order valence-corrected chi connectivity index (χ0v) is 19.8. The molecule has 2 N–H and O–H groups in total. The van der Waals surface area contributed by atoms with E-state index in [-0.39, 0.29) is 24.0 Å². The smallest absolute Gasteiger partial charge is 0.162 e. The van der Waals surface area contributed by atoms with Gasteiger partial charge in [-0.2, -0.15) is 0 Å². The molecule has 2 saturated carbocycles. The minimum atomic E-state index is -1.56. The molecule has 182 valence electrons. The third-order valence-corrected chi connectivity index (χ3v) is 8.49. The van der Waals surface area contributed by atoms with E-state index >= 15 is 0 Å². The van der Waals surface area contributed by atoms with Gasteiger partial charge in [-0.15, -0.1) is 0 Å². The molecular formula is C27H43FO4. The number of aliphatic hydroxyl groups is 2. The Morgan fingerprint density at radius 1 is 0.969 bits per heavy atom. The molecule has 1 aliphatic heterocycles. The predicted molar refractivity (Wildman–Crippen MR) is 123 cm³/mol. The van der Waals surface area contributed by atoms with Gasteiger partial charge in [0, 0.05) is 24.7 Å². The molecule has 1 unspecified atom stereocenters. The molecular weight excluding hydrogens is 407 g/mol. The molecule has 0 aromatic rings. The molecule has 0 bridgehead atoms. The van der Waals surface area contributed by atoms with Gasteiger partial charge in [-0.3, -0.25) is 0 Å². The van der Waals surface area contributed by atoms with E-state index in [1.807, 2.05) is 6.08 Å². The highest BCUT2D eigenvalue weighted by molar-refractivity contribution is 5.32. The van der Waals surface area contributed by atoms with Crippen molar-refractivity contribution in [2.24, 2.45) is 29.6 Å². The monoisotopic (exact) mass is 450 g/mol. The molecule has 1 atom stereocenters. The van der Waals surface area contributed by atoms with E-state index in [4.69, 9.17) is 9.47 Å². The lowest BCUT2D eigenvalue weighted by molar-refractivity contribution is -0.230. The van der Waals surface area contributed by atoms with Gasteiger partial charge in [0.2, 0.25) is 0 Å². The standard InChI is InChI=1S/C27H43FO4/c1-2-3-4-5-19-17-31-26(32-18-19)22-8-6-20(7-9-22)23-10-11-24(25(28)16-23)21-12-14-27(29,30)15-13-21/h11,16,19-23,26,29-30H,2-10,12-15,17-18H2,1H3. The Morgan fingerprint density at radius 2 is 1.62 bits per heavy atom. The average Bonchev–Trinajstić information content (AvgIpc) is 2.80. The van der Waals surface area contributed by atoms with E-state index in [0.717, 1.165) is 50.9 Å². The molecule has 0 radical (unpaired) electrons. The fourth-order valence-electron chi connectivity index (χ4n) is 6.32. The third kappa shape index (κ3) is 6.22. The van der Waals surface area contributed by atoms with Crippen LogP contribution in [0.3, 0.4) is 0 Å². The molecule has 4 aliphatic rings. The first-order valence-electron chi connectivity index (χ1n) is 13.2. The Morgan fingerprint density at radius 3 is 2.25 bits per heavy atom. The number of hydrogen-bond acceptors (Lipinski definition) is 4. The van der Waals surface area contributed by atoms with Crippen LogP contribution in [-0.2, 0) is 9.47 Å². The van der Waals surface area contributed by atoms with Crippen LogP contribution in [0.25, 0.3) is 0 Å². The minimum Gasteiger partial charge on any atom is -0.366 e. The fourth-order valence-corrected chi connectivity index (χ4v) is 6.32. The Hall–Kier alpha value is -0.750. The topological polar surface area (TPSA) is 58.9 Å². The van der Waals surface area contributed by atoms with Gasteiger partial charge in [0.1, 0.15) is 5.83 Å². The van der Waals surface area contributed by atoms with Crippen LogP contribution in [0.15, 0.2) is 23.6 Å². The van der Waals surface area contributed by atoms with Crippen LogP contribution >= 0.6 is 0 Å². The molecule has 4 nitrogen and oxygen atoms in total. The summed E-state index contributed by atoms with van der Waals surface area (Å²) in [6, 6.07) is 0. The SMILES string of the molecule is CCCCCC1COC(C2CCC(C3C=C(F)C(C4CCC(O)(O)CC4)=CC3)CC2)OC1. The van der Waals surface area contributed by atoms with Gasteiger partial charge < -0.3 is 19.7 Å². The van der Waals surface area contributed by atoms with Gasteiger partial charge >= 0.3 is 0 Å². The summed E-state index contributed by atoms with van der Waals surface area (Å²) >= 11 is 0. The van der Waals surface area contributed by atoms with Gasteiger partial charge in [0.15, 0.2) is 12.1 Å². The van der Waals surface area contributed by atoms with Gasteiger partial charge in [-0.05, 0) is 80.8 Å². The first-order valence-corrected chi connectivity index (χ1v) is 13.2. The minimum absolute atomic E-state index is 0.0417. The maximum Gasteiger partial charge on any atom is 0.162 e. The van der Waals surface area contributed by atoms with Crippen LogP contribution in [0.2, 0.25) is 0 Å². The maximum absolute atomic E-state index is 15.0. The van der Waals surface area contributed by atoms with Gasteiger partial charge in [-0.25, -0.2) is 4.39 Å². The first-order chi connectivity index (χ1) is 15.4. The van der Waals surface area contributed by atoms with Crippen molar-refractivity contribution in [3.05, 3.63) is 23.6 Å². The summed E-state index contributed by atoms with van der Waals surface area (Å²) in [6.45, 7) is 3.92. The van der Waals surface area contributed by atoms with Crippen LogP contribution in [0.4, 0.5) is 4.39 Å². The quantitative estimate of drug-likeness (QED) is 0.367.